The molecule has 0 aliphatic heterocycles. The van der Waals surface area contributed by atoms with Crippen LogP contribution in [0, 0.1) is 0 Å². The first-order valence-electron chi connectivity index (χ1n) is 5.76. The Morgan fingerprint density at radius 1 is 1.39 bits per heavy atom. The Bertz CT molecular complexity index is 560. The molecule has 1 aromatic heterocycles. The third-order valence-corrected chi connectivity index (χ3v) is 3.97. The molecule has 0 radical (unpaired) electrons. The van der Waals surface area contributed by atoms with Crippen LogP contribution >= 0.6 is 11.3 Å². The lowest BCUT2D eigenvalue weighted by Gasteiger charge is -2.01. The molecule has 0 bridgehead atoms. The Morgan fingerprint density at radius 2 is 2.17 bits per heavy atom. The standard InChI is InChI=1S/C14H15NO2S/c1-9(2)12-8-15-13(18-12)10-5-4-6-11(7-10)14(16)17-3/h4-9H,1-3H3. The van der Waals surface area contributed by atoms with Gasteiger partial charge in [0.05, 0.1) is 12.7 Å². The summed E-state index contributed by atoms with van der Waals surface area (Å²) in [6.45, 7) is 4.28. The molecule has 0 fully saturated rings. The maximum Gasteiger partial charge on any atom is 0.337 e. The highest BCUT2D eigenvalue weighted by atomic mass is 32.1. The van der Waals surface area contributed by atoms with Crippen molar-refractivity contribution in [3.8, 4) is 10.6 Å². The topological polar surface area (TPSA) is 39.2 Å². The van der Waals surface area contributed by atoms with Gasteiger partial charge in [-0.25, -0.2) is 9.78 Å². The second-order valence-corrected chi connectivity index (χ2v) is 5.36. The lowest BCUT2D eigenvalue weighted by atomic mass is 10.1. The average Bonchev–Trinajstić information content (AvgIpc) is 2.88. The van der Waals surface area contributed by atoms with E-state index in [4.69, 9.17) is 4.74 Å². The minimum Gasteiger partial charge on any atom is -0.465 e. The minimum absolute atomic E-state index is 0.322. The van der Waals surface area contributed by atoms with E-state index in [2.05, 4.69) is 18.8 Å². The van der Waals surface area contributed by atoms with Crippen molar-refractivity contribution in [2.24, 2.45) is 0 Å². The number of benzene rings is 1. The van der Waals surface area contributed by atoms with Gasteiger partial charge in [0.2, 0.25) is 0 Å². The summed E-state index contributed by atoms with van der Waals surface area (Å²) in [6, 6.07) is 7.36. The molecule has 2 aromatic rings. The number of esters is 1. The molecule has 0 saturated heterocycles. The molecule has 0 N–H and O–H groups in total. The maximum atomic E-state index is 11.5. The van der Waals surface area contributed by atoms with Gasteiger partial charge in [-0.3, -0.25) is 0 Å². The molecule has 0 aliphatic rings. The molecule has 3 nitrogen and oxygen atoms in total. The smallest absolute Gasteiger partial charge is 0.337 e. The van der Waals surface area contributed by atoms with Crippen molar-refractivity contribution >= 4 is 17.3 Å². The van der Waals surface area contributed by atoms with Crippen LogP contribution in [0.5, 0.6) is 0 Å². The molecule has 4 heteroatoms. The lowest BCUT2D eigenvalue weighted by molar-refractivity contribution is 0.0601. The van der Waals surface area contributed by atoms with Gasteiger partial charge in [-0.1, -0.05) is 26.0 Å². The summed E-state index contributed by atoms with van der Waals surface area (Å²) in [5, 5.41) is 0.935. The van der Waals surface area contributed by atoms with Gasteiger partial charge in [-0.05, 0) is 18.1 Å². The summed E-state index contributed by atoms with van der Waals surface area (Å²) in [5.41, 5.74) is 1.51. The molecule has 0 unspecified atom stereocenters. The molecule has 1 heterocycles. The Morgan fingerprint density at radius 3 is 2.78 bits per heavy atom. The summed E-state index contributed by atoms with van der Waals surface area (Å²) < 4.78 is 4.71. The van der Waals surface area contributed by atoms with E-state index >= 15 is 0 Å². The van der Waals surface area contributed by atoms with Crippen molar-refractivity contribution in [1.29, 1.82) is 0 Å². The molecule has 18 heavy (non-hydrogen) atoms. The molecule has 0 saturated carbocycles. The second kappa shape index (κ2) is 5.31. The molecule has 0 spiro atoms. The van der Waals surface area contributed by atoms with E-state index in [9.17, 15) is 4.79 Å². The molecule has 2 rings (SSSR count). The first-order chi connectivity index (χ1) is 8.61. The van der Waals surface area contributed by atoms with Crippen LogP contribution < -0.4 is 0 Å². The Hall–Kier alpha value is -1.68. The van der Waals surface area contributed by atoms with E-state index in [1.165, 1.54) is 12.0 Å². The van der Waals surface area contributed by atoms with Crippen molar-refractivity contribution in [3.63, 3.8) is 0 Å². The highest BCUT2D eigenvalue weighted by Gasteiger charge is 2.10. The SMILES string of the molecule is COC(=O)c1cccc(-c2ncc(C(C)C)s2)c1. The highest BCUT2D eigenvalue weighted by molar-refractivity contribution is 7.15. The zero-order valence-electron chi connectivity index (χ0n) is 10.6. The van der Waals surface area contributed by atoms with Crippen LogP contribution in [0.1, 0.15) is 35.0 Å². The fraction of sp³-hybridized carbons (Fsp3) is 0.286. The van der Waals surface area contributed by atoms with Gasteiger partial charge < -0.3 is 4.74 Å². The zero-order valence-corrected chi connectivity index (χ0v) is 11.5. The zero-order chi connectivity index (χ0) is 13.1. The van der Waals surface area contributed by atoms with Crippen molar-refractivity contribution in [2.45, 2.75) is 19.8 Å². The third kappa shape index (κ3) is 2.59. The number of nitrogens with zero attached hydrogens (tertiary/aromatic N) is 1. The molecular formula is C14H15NO2S. The summed E-state index contributed by atoms with van der Waals surface area (Å²) in [5.74, 6) is 0.150. The molecule has 0 atom stereocenters. The molecule has 0 amide bonds. The summed E-state index contributed by atoms with van der Waals surface area (Å²) in [7, 11) is 1.38. The van der Waals surface area contributed by atoms with Gasteiger partial charge in [0.25, 0.3) is 0 Å². The van der Waals surface area contributed by atoms with E-state index < -0.39 is 0 Å². The van der Waals surface area contributed by atoms with Crippen LogP contribution in [0.25, 0.3) is 10.6 Å². The van der Waals surface area contributed by atoms with E-state index in [0.717, 1.165) is 10.6 Å². The van der Waals surface area contributed by atoms with Crippen LogP contribution in [-0.2, 0) is 4.74 Å². The molecular weight excluding hydrogens is 246 g/mol. The first-order valence-corrected chi connectivity index (χ1v) is 6.58. The average molecular weight is 261 g/mol. The van der Waals surface area contributed by atoms with Crippen molar-refractivity contribution in [3.05, 3.63) is 40.9 Å². The largest absolute Gasteiger partial charge is 0.465 e. The minimum atomic E-state index is -0.322. The number of methoxy groups -OCH3 is 1. The van der Waals surface area contributed by atoms with Crippen LogP contribution in [0.4, 0.5) is 0 Å². The van der Waals surface area contributed by atoms with Crippen molar-refractivity contribution in [2.75, 3.05) is 7.11 Å². The number of hydrogen-bond acceptors (Lipinski definition) is 4. The van der Waals surface area contributed by atoms with Crippen molar-refractivity contribution < 1.29 is 9.53 Å². The van der Waals surface area contributed by atoms with E-state index in [1.807, 2.05) is 24.4 Å². The highest BCUT2D eigenvalue weighted by Crippen LogP contribution is 2.29. The predicted octanol–water partition coefficient (Wildman–Crippen LogP) is 3.72. The number of carbonyl (C=O) groups excluding carboxylic acids is 1. The van der Waals surface area contributed by atoms with Crippen LogP contribution in [-0.4, -0.2) is 18.1 Å². The van der Waals surface area contributed by atoms with Gasteiger partial charge in [-0.15, -0.1) is 11.3 Å². The monoisotopic (exact) mass is 261 g/mol. The summed E-state index contributed by atoms with van der Waals surface area (Å²) in [4.78, 5) is 17.1. The van der Waals surface area contributed by atoms with Crippen LogP contribution in [0.15, 0.2) is 30.5 Å². The Balaban J connectivity index is 2.35. The second-order valence-electron chi connectivity index (χ2n) is 4.29. The van der Waals surface area contributed by atoms with Gasteiger partial charge >= 0.3 is 5.97 Å². The number of thiazole rings is 1. The van der Waals surface area contributed by atoms with Crippen LogP contribution in [0.2, 0.25) is 0 Å². The van der Waals surface area contributed by atoms with Gasteiger partial charge in [0.1, 0.15) is 5.01 Å². The number of aromatic nitrogens is 1. The molecule has 94 valence electrons. The molecule has 0 aliphatic carbocycles. The number of carbonyl (C=O) groups is 1. The fourth-order valence-electron chi connectivity index (χ4n) is 1.58. The summed E-state index contributed by atoms with van der Waals surface area (Å²) >= 11 is 1.66. The lowest BCUT2D eigenvalue weighted by Crippen LogP contribution is -2.00. The van der Waals surface area contributed by atoms with Crippen molar-refractivity contribution in [1.82, 2.24) is 4.98 Å². The van der Waals surface area contributed by atoms with E-state index in [1.54, 1.807) is 17.4 Å². The van der Waals surface area contributed by atoms with E-state index in [0.29, 0.717) is 11.5 Å². The number of ether oxygens (including phenoxy) is 1. The quantitative estimate of drug-likeness (QED) is 0.790. The van der Waals surface area contributed by atoms with Crippen LogP contribution in [0.3, 0.4) is 0 Å². The Labute approximate surface area is 110 Å². The third-order valence-electron chi connectivity index (χ3n) is 2.62. The van der Waals surface area contributed by atoms with Gasteiger partial charge in [0.15, 0.2) is 0 Å². The number of rotatable bonds is 3. The fourth-order valence-corrected chi connectivity index (χ4v) is 2.50. The van der Waals surface area contributed by atoms with Gasteiger partial charge in [0, 0.05) is 16.6 Å². The molecule has 1 aromatic carbocycles. The normalized spacial score (nSPS) is 10.7. The van der Waals surface area contributed by atoms with Gasteiger partial charge in [-0.2, -0.15) is 0 Å². The maximum absolute atomic E-state index is 11.5. The number of hydrogen-bond donors (Lipinski definition) is 0. The first kappa shape index (κ1) is 12.8. The Kier molecular flexibility index (Phi) is 3.77. The predicted molar refractivity (Wildman–Crippen MR) is 73.0 cm³/mol. The summed E-state index contributed by atoms with van der Waals surface area (Å²) in [6.07, 6.45) is 1.90. The van der Waals surface area contributed by atoms with E-state index in [-0.39, 0.29) is 5.97 Å².